The molecule has 0 saturated heterocycles. The third-order valence-corrected chi connectivity index (χ3v) is 3.13. The molecule has 2 nitrogen and oxygen atoms in total. The van der Waals surface area contributed by atoms with Gasteiger partial charge in [-0.3, -0.25) is 0 Å². The van der Waals surface area contributed by atoms with Gasteiger partial charge in [-0.2, -0.15) is 0 Å². The number of nitrogens with two attached hydrogens (primary N) is 1. The van der Waals surface area contributed by atoms with Crippen molar-refractivity contribution in [3.63, 3.8) is 0 Å². The zero-order chi connectivity index (χ0) is 11.4. The summed E-state index contributed by atoms with van der Waals surface area (Å²) in [5.41, 5.74) is 9.55. The summed E-state index contributed by atoms with van der Waals surface area (Å²) in [5, 5.41) is 0. The van der Waals surface area contributed by atoms with E-state index in [-0.39, 0.29) is 0 Å². The number of rotatable bonds is 3. The van der Waals surface area contributed by atoms with Gasteiger partial charge in [0.25, 0.3) is 0 Å². The van der Waals surface area contributed by atoms with Crippen LogP contribution in [-0.2, 0) is 12.8 Å². The Labute approximate surface area is 97.1 Å². The van der Waals surface area contributed by atoms with Crippen molar-refractivity contribution in [3.8, 4) is 5.75 Å². The van der Waals surface area contributed by atoms with E-state index in [1.54, 1.807) is 7.11 Å². The number of fused-ring (bicyclic) bond motifs is 1. The summed E-state index contributed by atoms with van der Waals surface area (Å²) in [4.78, 5) is 0. The first-order valence-corrected chi connectivity index (χ1v) is 5.91. The van der Waals surface area contributed by atoms with Crippen LogP contribution in [0.15, 0.2) is 18.2 Å². The predicted octanol–water partition coefficient (Wildman–Crippen LogP) is 2.55. The highest BCUT2D eigenvalue weighted by atomic mass is 16.5. The first-order chi connectivity index (χ1) is 7.85. The van der Waals surface area contributed by atoms with E-state index in [4.69, 9.17) is 10.5 Å². The minimum absolute atomic E-state index is 0.570. The normalized spacial score (nSPS) is 15.1. The molecular formula is C14H19NO. The van der Waals surface area contributed by atoms with Crippen molar-refractivity contribution in [2.75, 3.05) is 13.7 Å². The Balaban J connectivity index is 2.39. The first kappa shape index (κ1) is 11.2. The molecule has 86 valence electrons. The predicted molar refractivity (Wildman–Crippen MR) is 67.7 cm³/mol. The lowest BCUT2D eigenvalue weighted by Gasteiger charge is -2.18. The summed E-state index contributed by atoms with van der Waals surface area (Å²) in [6.07, 6.45) is 9.00. The maximum absolute atomic E-state index is 5.48. The molecule has 0 aromatic heterocycles. The quantitative estimate of drug-likeness (QED) is 0.844. The van der Waals surface area contributed by atoms with E-state index in [1.165, 1.54) is 36.8 Å². The molecule has 0 aliphatic heterocycles. The molecule has 16 heavy (non-hydrogen) atoms. The van der Waals surface area contributed by atoms with Gasteiger partial charge in [0.05, 0.1) is 7.11 Å². The SMILES string of the molecule is COc1cc2c(cc1/C=C/CN)CCCC2. The second-order valence-electron chi connectivity index (χ2n) is 4.21. The Kier molecular flexibility index (Phi) is 3.62. The van der Waals surface area contributed by atoms with Gasteiger partial charge in [0.15, 0.2) is 0 Å². The van der Waals surface area contributed by atoms with E-state index in [0.717, 1.165) is 11.3 Å². The highest BCUT2D eigenvalue weighted by Gasteiger charge is 2.12. The summed E-state index contributed by atoms with van der Waals surface area (Å²) in [6.45, 7) is 0.570. The van der Waals surface area contributed by atoms with E-state index >= 15 is 0 Å². The van der Waals surface area contributed by atoms with Crippen molar-refractivity contribution in [2.45, 2.75) is 25.7 Å². The van der Waals surface area contributed by atoms with Crippen molar-refractivity contribution in [1.29, 1.82) is 0 Å². The van der Waals surface area contributed by atoms with Crippen LogP contribution in [0, 0.1) is 0 Å². The van der Waals surface area contributed by atoms with Crippen molar-refractivity contribution in [3.05, 3.63) is 34.9 Å². The van der Waals surface area contributed by atoms with E-state index in [1.807, 2.05) is 12.2 Å². The number of benzene rings is 1. The van der Waals surface area contributed by atoms with Gasteiger partial charge in [-0.1, -0.05) is 12.2 Å². The standard InChI is InChI=1S/C14H19NO/c1-16-14-10-12-6-3-2-5-11(12)9-13(14)7-4-8-15/h4,7,9-10H,2-3,5-6,8,15H2,1H3/b7-4+. The van der Waals surface area contributed by atoms with Crippen LogP contribution in [0.1, 0.15) is 29.5 Å². The lowest BCUT2D eigenvalue weighted by Crippen LogP contribution is -2.04. The fourth-order valence-electron chi connectivity index (χ4n) is 2.28. The van der Waals surface area contributed by atoms with E-state index in [9.17, 15) is 0 Å². The van der Waals surface area contributed by atoms with Crippen molar-refractivity contribution >= 4 is 6.08 Å². The van der Waals surface area contributed by atoms with Crippen LogP contribution in [0.5, 0.6) is 5.75 Å². The molecule has 2 N–H and O–H groups in total. The number of hydrogen-bond acceptors (Lipinski definition) is 2. The number of ether oxygens (including phenoxy) is 1. The van der Waals surface area contributed by atoms with Gasteiger partial charge >= 0.3 is 0 Å². The van der Waals surface area contributed by atoms with E-state index in [2.05, 4.69) is 12.1 Å². The third kappa shape index (κ3) is 2.27. The Hall–Kier alpha value is -1.28. The maximum Gasteiger partial charge on any atom is 0.126 e. The smallest absolute Gasteiger partial charge is 0.126 e. The zero-order valence-corrected chi connectivity index (χ0v) is 9.83. The van der Waals surface area contributed by atoms with Crippen LogP contribution in [-0.4, -0.2) is 13.7 Å². The monoisotopic (exact) mass is 217 g/mol. The molecule has 1 aliphatic rings. The molecule has 0 heterocycles. The molecule has 0 unspecified atom stereocenters. The molecule has 0 saturated carbocycles. The average molecular weight is 217 g/mol. The van der Waals surface area contributed by atoms with Gasteiger partial charge in [-0.25, -0.2) is 0 Å². The third-order valence-electron chi connectivity index (χ3n) is 3.13. The summed E-state index contributed by atoms with van der Waals surface area (Å²) in [5.74, 6) is 0.963. The fourth-order valence-corrected chi connectivity index (χ4v) is 2.28. The molecule has 0 fully saturated rings. The van der Waals surface area contributed by atoms with Gasteiger partial charge in [-0.15, -0.1) is 0 Å². The van der Waals surface area contributed by atoms with Gasteiger partial charge in [0.1, 0.15) is 5.75 Å². The van der Waals surface area contributed by atoms with E-state index in [0.29, 0.717) is 6.54 Å². The summed E-state index contributed by atoms with van der Waals surface area (Å²) >= 11 is 0. The van der Waals surface area contributed by atoms with Crippen LogP contribution >= 0.6 is 0 Å². The summed E-state index contributed by atoms with van der Waals surface area (Å²) in [6, 6.07) is 4.43. The Bertz CT molecular complexity index is 396. The number of methoxy groups -OCH3 is 1. The van der Waals surface area contributed by atoms with Crippen LogP contribution in [0.25, 0.3) is 6.08 Å². The van der Waals surface area contributed by atoms with Crippen LogP contribution < -0.4 is 10.5 Å². The number of hydrogen-bond donors (Lipinski definition) is 1. The fraction of sp³-hybridized carbons (Fsp3) is 0.429. The summed E-state index contributed by atoms with van der Waals surface area (Å²) in [7, 11) is 1.73. The van der Waals surface area contributed by atoms with E-state index < -0.39 is 0 Å². The lowest BCUT2D eigenvalue weighted by atomic mass is 9.90. The molecule has 0 bridgehead atoms. The molecule has 2 heteroatoms. The van der Waals surface area contributed by atoms with Crippen molar-refractivity contribution in [2.24, 2.45) is 5.73 Å². The molecule has 2 rings (SSSR count). The Morgan fingerprint density at radius 2 is 1.94 bits per heavy atom. The molecule has 1 aromatic rings. The van der Waals surface area contributed by atoms with Crippen LogP contribution in [0.3, 0.4) is 0 Å². The molecular weight excluding hydrogens is 198 g/mol. The topological polar surface area (TPSA) is 35.2 Å². The van der Waals surface area contributed by atoms with Gasteiger partial charge < -0.3 is 10.5 Å². The van der Waals surface area contributed by atoms with Crippen molar-refractivity contribution < 1.29 is 4.74 Å². The highest BCUT2D eigenvalue weighted by Crippen LogP contribution is 2.29. The molecule has 0 radical (unpaired) electrons. The summed E-state index contributed by atoms with van der Waals surface area (Å²) < 4.78 is 5.42. The molecule has 0 atom stereocenters. The number of aryl methyl sites for hydroxylation is 2. The van der Waals surface area contributed by atoms with Gasteiger partial charge in [-0.05, 0) is 48.9 Å². The maximum atomic E-state index is 5.48. The average Bonchev–Trinajstić information content (AvgIpc) is 2.35. The minimum Gasteiger partial charge on any atom is -0.496 e. The van der Waals surface area contributed by atoms with Gasteiger partial charge in [0.2, 0.25) is 0 Å². The molecule has 0 spiro atoms. The van der Waals surface area contributed by atoms with Crippen molar-refractivity contribution in [1.82, 2.24) is 0 Å². The zero-order valence-electron chi connectivity index (χ0n) is 9.83. The molecule has 1 aromatic carbocycles. The second-order valence-corrected chi connectivity index (χ2v) is 4.21. The molecule has 0 amide bonds. The lowest BCUT2D eigenvalue weighted by molar-refractivity contribution is 0.412. The largest absolute Gasteiger partial charge is 0.496 e. The second kappa shape index (κ2) is 5.17. The Morgan fingerprint density at radius 1 is 1.25 bits per heavy atom. The Morgan fingerprint density at radius 3 is 2.56 bits per heavy atom. The highest BCUT2D eigenvalue weighted by molar-refractivity contribution is 5.60. The van der Waals surface area contributed by atoms with Crippen LogP contribution in [0.4, 0.5) is 0 Å². The first-order valence-electron chi connectivity index (χ1n) is 5.91. The minimum atomic E-state index is 0.570. The molecule has 1 aliphatic carbocycles. The van der Waals surface area contributed by atoms with Gasteiger partial charge in [0, 0.05) is 12.1 Å². The van der Waals surface area contributed by atoms with Crippen LogP contribution in [0.2, 0.25) is 0 Å².